The van der Waals surface area contributed by atoms with Crippen LogP contribution in [0.25, 0.3) is 0 Å². The van der Waals surface area contributed by atoms with Gasteiger partial charge in [-0.1, -0.05) is 30.3 Å². The van der Waals surface area contributed by atoms with Crippen LogP contribution >= 0.6 is 0 Å². The van der Waals surface area contributed by atoms with Gasteiger partial charge < -0.3 is 15.5 Å². The van der Waals surface area contributed by atoms with Crippen LogP contribution in [0.4, 0.5) is 0 Å². The Morgan fingerprint density at radius 3 is 2.78 bits per heavy atom. The first-order valence-electron chi connectivity index (χ1n) is 8.91. The number of nitrogens with zero attached hydrogens (tertiary/aromatic N) is 2. The second kappa shape index (κ2) is 7.02. The molecule has 4 heteroatoms. The van der Waals surface area contributed by atoms with Crippen molar-refractivity contribution in [3.05, 3.63) is 35.9 Å². The van der Waals surface area contributed by atoms with Crippen LogP contribution in [0.5, 0.6) is 0 Å². The van der Waals surface area contributed by atoms with Crippen LogP contribution in [0.15, 0.2) is 30.3 Å². The molecule has 0 radical (unpaired) electrons. The molecule has 1 atom stereocenters. The summed E-state index contributed by atoms with van der Waals surface area (Å²) in [6, 6.07) is 11.0. The maximum absolute atomic E-state index is 12.4. The fourth-order valence-electron chi connectivity index (χ4n) is 3.57. The van der Waals surface area contributed by atoms with E-state index in [9.17, 15) is 4.79 Å². The van der Waals surface area contributed by atoms with Crippen LogP contribution in [0.1, 0.15) is 37.7 Å². The zero-order valence-electron chi connectivity index (χ0n) is 14.2. The molecule has 2 N–H and O–H groups in total. The number of hydrogen-bond acceptors (Lipinski definition) is 3. The molecule has 1 aromatic rings. The SMILES string of the molecule is CN(C(=O)C1(N)CC1)C1CCCN(CCCc2ccccc2)C1. The fraction of sp³-hybridized carbons (Fsp3) is 0.632. The summed E-state index contributed by atoms with van der Waals surface area (Å²) in [6.07, 6.45) is 6.28. The molecule has 3 rings (SSSR count). The molecule has 1 aromatic carbocycles. The number of amides is 1. The Bertz CT molecular complexity index is 527. The highest BCUT2D eigenvalue weighted by molar-refractivity contribution is 5.89. The predicted molar refractivity (Wildman–Crippen MR) is 93.1 cm³/mol. The lowest BCUT2D eigenvalue weighted by Crippen LogP contribution is -2.53. The summed E-state index contributed by atoms with van der Waals surface area (Å²) in [5.74, 6) is 0.147. The predicted octanol–water partition coefficient (Wildman–Crippen LogP) is 2.03. The van der Waals surface area contributed by atoms with Crippen molar-refractivity contribution in [3.8, 4) is 0 Å². The zero-order valence-corrected chi connectivity index (χ0v) is 14.2. The van der Waals surface area contributed by atoms with Crippen molar-refractivity contribution in [2.24, 2.45) is 5.73 Å². The van der Waals surface area contributed by atoms with E-state index in [1.807, 2.05) is 11.9 Å². The third-order valence-corrected chi connectivity index (χ3v) is 5.35. The first kappa shape index (κ1) is 16.5. The average Bonchev–Trinajstić information content (AvgIpc) is 3.34. The Hall–Kier alpha value is -1.39. The normalized spacial score (nSPS) is 23.5. The second-order valence-corrected chi connectivity index (χ2v) is 7.26. The van der Waals surface area contributed by atoms with Crippen molar-refractivity contribution in [2.45, 2.75) is 50.1 Å². The molecular formula is C19H29N3O. The van der Waals surface area contributed by atoms with Crippen LogP contribution in [-0.4, -0.2) is 54.0 Å². The van der Waals surface area contributed by atoms with Gasteiger partial charge in [-0.3, -0.25) is 4.79 Å². The Morgan fingerprint density at radius 2 is 2.09 bits per heavy atom. The Kier molecular flexibility index (Phi) is 5.02. The summed E-state index contributed by atoms with van der Waals surface area (Å²) in [5.41, 5.74) is 6.94. The van der Waals surface area contributed by atoms with Gasteiger partial charge in [-0.05, 0) is 57.2 Å². The number of aryl methyl sites for hydroxylation is 1. The maximum atomic E-state index is 12.4. The summed E-state index contributed by atoms with van der Waals surface area (Å²) >= 11 is 0. The van der Waals surface area contributed by atoms with Gasteiger partial charge in [0, 0.05) is 19.6 Å². The quantitative estimate of drug-likeness (QED) is 0.874. The molecule has 2 aliphatic rings. The molecule has 2 fully saturated rings. The number of hydrogen-bond donors (Lipinski definition) is 1. The smallest absolute Gasteiger partial charge is 0.242 e. The molecule has 1 aliphatic heterocycles. The summed E-state index contributed by atoms with van der Waals surface area (Å²) in [5, 5.41) is 0. The van der Waals surface area contributed by atoms with Crippen molar-refractivity contribution in [1.82, 2.24) is 9.80 Å². The number of rotatable bonds is 6. The molecule has 0 spiro atoms. The molecule has 126 valence electrons. The lowest BCUT2D eigenvalue weighted by atomic mass is 10.0. The zero-order chi connectivity index (χ0) is 16.3. The fourth-order valence-corrected chi connectivity index (χ4v) is 3.57. The molecule has 1 amide bonds. The van der Waals surface area contributed by atoms with Crippen molar-refractivity contribution >= 4 is 5.91 Å². The van der Waals surface area contributed by atoms with Gasteiger partial charge in [-0.15, -0.1) is 0 Å². The monoisotopic (exact) mass is 315 g/mol. The molecule has 1 saturated heterocycles. The number of nitrogens with two attached hydrogens (primary N) is 1. The second-order valence-electron chi connectivity index (χ2n) is 7.26. The topological polar surface area (TPSA) is 49.6 Å². The molecular weight excluding hydrogens is 286 g/mol. The first-order valence-corrected chi connectivity index (χ1v) is 8.91. The highest BCUT2D eigenvalue weighted by atomic mass is 16.2. The summed E-state index contributed by atoms with van der Waals surface area (Å²) in [4.78, 5) is 16.9. The van der Waals surface area contributed by atoms with E-state index in [0.29, 0.717) is 6.04 Å². The van der Waals surface area contributed by atoms with Gasteiger partial charge in [0.2, 0.25) is 5.91 Å². The minimum atomic E-state index is -0.537. The van der Waals surface area contributed by atoms with E-state index in [1.165, 1.54) is 18.4 Å². The minimum absolute atomic E-state index is 0.147. The van der Waals surface area contributed by atoms with Crippen molar-refractivity contribution < 1.29 is 4.79 Å². The van der Waals surface area contributed by atoms with Gasteiger partial charge in [-0.2, -0.15) is 0 Å². The molecule has 1 saturated carbocycles. The van der Waals surface area contributed by atoms with Gasteiger partial charge in [0.1, 0.15) is 0 Å². The number of likely N-dealkylation sites (N-methyl/N-ethyl adjacent to an activating group) is 1. The van der Waals surface area contributed by atoms with Crippen molar-refractivity contribution in [2.75, 3.05) is 26.7 Å². The Balaban J connectivity index is 1.45. The van der Waals surface area contributed by atoms with Gasteiger partial charge in [-0.25, -0.2) is 0 Å². The van der Waals surface area contributed by atoms with Gasteiger partial charge in [0.25, 0.3) is 0 Å². The molecule has 4 nitrogen and oxygen atoms in total. The minimum Gasteiger partial charge on any atom is -0.340 e. The van der Waals surface area contributed by atoms with Crippen LogP contribution in [0, 0.1) is 0 Å². The average molecular weight is 315 g/mol. The lowest BCUT2D eigenvalue weighted by Gasteiger charge is -2.38. The molecule has 23 heavy (non-hydrogen) atoms. The molecule has 0 bridgehead atoms. The number of carbonyl (C=O) groups excluding carboxylic acids is 1. The van der Waals surface area contributed by atoms with Crippen molar-refractivity contribution in [1.29, 1.82) is 0 Å². The van der Waals surface area contributed by atoms with E-state index in [0.717, 1.165) is 45.3 Å². The van der Waals surface area contributed by atoms with E-state index >= 15 is 0 Å². The molecule has 1 aliphatic carbocycles. The van der Waals surface area contributed by atoms with E-state index in [-0.39, 0.29) is 5.91 Å². The molecule has 1 unspecified atom stereocenters. The summed E-state index contributed by atoms with van der Waals surface area (Å²) in [6.45, 7) is 3.26. The van der Waals surface area contributed by atoms with E-state index in [2.05, 4.69) is 35.2 Å². The van der Waals surface area contributed by atoms with Crippen LogP contribution < -0.4 is 5.73 Å². The number of piperidine rings is 1. The van der Waals surface area contributed by atoms with Gasteiger partial charge in [0.15, 0.2) is 0 Å². The third kappa shape index (κ3) is 4.12. The van der Waals surface area contributed by atoms with Crippen LogP contribution in [0.3, 0.4) is 0 Å². The molecule has 0 aromatic heterocycles. The standard InChI is InChI=1S/C19H29N3O/c1-21(18(23)19(20)11-12-19)17-10-6-14-22(15-17)13-5-9-16-7-3-2-4-8-16/h2-4,7-8,17H,5-6,9-15,20H2,1H3. The number of likely N-dealkylation sites (tertiary alicyclic amines) is 1. The van der Waals surface area contributed by atoms with Gasteiger partial charge in [0.05, 0.1) is 5.54 Å². The third-order valence-electron chi connectivity index (χ3n) is 5.35. The van der Waals surface area contributed by atoms with E-state index in [4.69, 9.17) is 5.73 Å². The van der Waals surface area contributed by atoms with Crippen LogP contribution in [0.2, 0.25) is 0 Å². The maximum Gasteiger partial charge on any atom is 0.242 e. The Labute approximate surface area is 139 Å². The van der Waals surface area contributed by atoms with Gasteiger partial charge >= 0.3 is 0 Å². The lowest BCUT2D eigenvalue weighted by molar-refractivity contribution is -0.135. The summed E-state index contributed by atoms with van der Waals surface area (Å²) < 4.78 is 0. The summed E-state index contributed by atoms with van der Waals surface area (Å²) in [7, 11) is 1.94. The highest BCUT2D eigenvalue weighted by Gasteiger charge is 2.48. The highest BCUT2D eigenvalue weighted by Crippen LogP contribution is 2.34. The number of carbonyl (C=O) groups is 1. The molecule has 1 heterocycles. The van der Waals surface area contributed by atoms with E-state index < -0.39 is 5.54 Å². The van der Waals surface area contributed by atoms with Crippen molar-refractivity contribution in [3.63, 3.8) is 0 Å². The van der Waals surface area contributed by atoms with E-state index in [1.54, 1.807) is 0 Å². The largest absolute Gasteiger partial charge is 0.340 e. The Morgan fingerprint density at radius 1 is 1.35 bits per heavy atom. The first-order chi connectivity index (χ1) is 11.1. The number of benzene rings is 1. The van der Waals surface area contributed by atoms with Crippen LogP contribution in [-0.2, 0) is 11.2 Å².